The van der Waals surface area contributed by atoms with Gasteiger partial charge < -0.3 is 9.64 Å². The van der Waals surface area contributed by atoms with E-state index in [4.69, 9.17) is 4.74 Å². The summed E-state index contributed by atoms with van der Waals surface area (Å²) in [7, 11) is -1.01. The third-order valence-electron chi connectivity index (χ3n) is 3.43. The first-order chi connectivity index (χ1) is 10.3. The van der Waals surface area contributed by atoms with Gasteiger partial charge in [-0.05, 0) is 45.2 Å². The summed E-state index contributed by atoms with van der Waals surface area (Å²) < 4.78 is 17.8. The molecule has 1 amide bonds. The van der Waals surface area contributed by atoms with E-state index >= 15 is 0 Å². The first kappa shape index (κ1) is 16.9. The summed E-state index contributed by atoms with van der Waals surface area (Å²) in [5.74, 6) is 0.973. The Morgan fingerprint density at radius 2 is 2.27 bits per heavy atom. The molecule has 0 aliphatic carbocycles. The molecular formula is C16H24N2O3S. The second-order valence-electron chi connectivity index (χ2n) is 6.58. The van der Waals surface area contributed by atoms with Crippen molar-refractivity contribution in [2.75, 3.05) is 12.3 Å². The molecule has 0 saturated carbocycles. The Bertz CT molecular complexity index is 528. The Morgan fingerprint density at radius 1 is 1.50 bits per heavy atom. The van der Waals surface area contributed by atoms with Gasteiger partial charge in [-0.3, -0.25) is 9.19 Å². The lowest BCUT2D eigenvalue weighted by molar-refractivity contribution is 0.0241. The highest BCUT2D eigenvalue weighted by molar-refractivity contribution is 7.84. The van der Waals surface area contributed by atoms with E-state index in [1.807, 2.05) is 32.9 Å². The predicted molar refractivity (Wildman–Crippen MR) is 86.9 cm³/mol. The number of aromatic nitrogens is 1. The Balaban J connectivity index is 1.91. The van der Waals surface area contributed by atoms with Crippen molar-refractivity contribution >= 4 is 16.9 Å². The molecule has 1 aromatic heterocycles. The number of hydrogen-bond acceptors (Lipinski definition) is 4. The van der Waals surface area contributed by atoms with Crippen LogP contribution in [0.5, 0.6) is 0 Å². The monoisotopic (exact) mass is 324 g/mol. The van der Waals surface area contributed by atoms with Crippen molar-refractivity contribution < 1.29 is 13.7 Å². The molecule has 0 N–H and O–H groups in total. The van der Waals surface area contributed by atoms with E-state index in [2.05, 4.69) is 4.98 Å². The van der Waals surface area contributed by atoms with Gasteiger partial charge in [0.1, 0.15) is 5.60 Å². The zero-order valence-electron chi connectivity index (χ0n) is 13.4. The van der Waals surface area contributed by atoms with E-state index in [0.29, 0.717) is 18.1 Å². The van der Waals surface area contributed by atoms with Crippen LogP contribution in [0.1, 0.15) is 39.2 Å². The van der Waals surface area contributed by atoms with Crippen LogP contribution in [-0.2, 0) is 21.3 Å². The summed E-state index contributed by atoms with van der Waals surface area (Å²) in [4.78, 5) is 18.0. The van der Waals surface area contributed by atoms with Crippen LogP contribution < -0.4 is 0 Å². The Labute approximate surface area is 134 Å². The van der Waals surface area contributed by atoms with E-state index in [1.165, 1.54) is 0 Å². The molecule has 0 bridgehead atoms. The van der Waals surface area contributed by atoms with Gasteiger partial charge >= 0.3 is 6.09 Å². The molecule has 1 aliphatic heterocycles. The van der Waals surface area contributed by atoms with Gasteiger partial charge in [-0.1, -0.05) is 6.07 Å². The van der Waals surface area contributed by atoms with Crippen LogP contribution in [0, 0.1) is 0 Å². The fourth-order valence-electron chi connectivity index (χ4n) is 2.51. The lowest BCUT2D eigenvalue weighted by atomic mass is 10.2. The number of hydrogen-bond donors (Lipinski definition) is 0. The Morgan fingerprint density at radius 3 is 2.91 bits per heavy atom. The summed E-state index contributed by atoms with van der Waals surface area (Å²) in [5.41, 5.74) is 0.460. The number of amides is 1. The average molecular weight is 324 g/mol. The van der Waals surface area contributed by atoms with Crippen molar-refractivity contribution in [2.45, 2.75) is 51.0 Å². The van der Waals surface area contributed by atoms with Crippen molar-refractivity contribution in [3.8, 4) is 0 Å². The SMILES string of the molecule is CC(C)(C)OC(=O)N1CCC[C@@H]1C[S@](=O)Cc1cccnc1. The van der Waals surface area contributed by atoms with Gasteiger partial charge in [-0.2, -0.15) is 0 Å². The summed E-state index contributed by atoms with van der Waals surface area (Å²) in [6, 6.07) is 3.77. The number of pyridine rings is 1. The molecule has 2 heterocycles. The summed E-state index contributed by atoms with van der Waals surface area (Å²) in [5, 5.41) is 0. The van der Waals surface area contributed by atoms with Crippen molar-refractivity contribution in [3.05, 3.63) is 30.1 Å². The normalized spacial score (nSPS) is 20.0. The maximum Gasteiger partial charge on any atom is 0.410 e. The molecule has 1 fully saturated rings. The molecule has 0 aromatic carbocycles. The number of nitrogens with zero attached hydrogens (tertiary/aromatic N) is 2. The molecule has 6 heteroatoms. The van der Waals surface area contributed by atoms with E-state index < -0.39 is 16.4 Å². The van der Waals surface area contributed by atoms with Gasteiger partial charge in [0, 0.05) is 41.5 Å². The number of carbonyl (C=O) groups excluding carboxylic acids is 1. The first-order valence-corrected chi connectivity index (χ1v) is 9.07. The third-order valence-corrected chi connectivity index (χ3v) is 4.85. The standard InChI is InChI=1S/C16H24N2O3S/c1-16(2,3)21-15(19)18-9-5-7-14(18)12-22(20)11-13-6-4-8-17-10-13/h4,6,8,10,14H,5,7,9,11-12H2,1-3H3/t14-,22-/m1/s1. The molecular weight excluding hydrogens is 300 g/mol. The topological polar surface area (TPSA) is 59.5 Å². The van der Waals surface area contributed by atoms with Crippen molar-refractivity contribution in [3.63, 3.8) is 0 Å². The maximum absolute atomic E-state index is 12.3. The molecule has 2 atom stereocenters. The maximum atomic E-state index is 12.3. The minimum absolute atomic E-state index is 0.00681. The van der Waals surface area contributed by atoms with E-state index in [-0.39, 0.29) is 12.1 Å². The lowest BCUT2D eigenvalue weighted by Crippen LogP contribution is -2.42. The smallest absolute Gasteiger partial charge is 0.410 e. The van der Waals surface area contributed by atoms with Gasteiger partial charge in [0.2, 0.25) is 0 Å². The average Bonchev–Trinajstić information content (AvgIpc) is 2.86. The van der Waals surface area contributed by atoms with Crippen LogP contribution in [0.25, 0.3) is 0 Å². The van der Waals surface area contributed by atoms with Gasteiger partial charge in [0.25, 0.3) is 0 Å². The molecule has 122 valence electrons. The molecule has 2 rings (SSSR count). The van der Waals surface area contributed by atoms with Crippen molar-refractivity contribution in [1.29, 1.82) is 0 Å². The predicted octanol–water partition coefficient (Wildman–Crippen LogP) is 2.73. The van der Waals surface area contributed by atoms with Gasteiger partial charge in [-0.15, -0.1) is 0 Å². The first-order valence-electron chi connectivity index (χ1n) is 7.58. The van der Waals surface area contributed by atoms with Crippen LogP contribution in [0.2, 0.25) is 0 Å². The zero-order valence-corrected chi connectivity index (χ0v) is 14.3. The van der Waals surface area contributed by atoms with Crippen LogP contribution >= 0.6 is 0 Å². The quantitative estimate of drug-likeness (QED) is 0.854. The highest BCUT2D eigenvalue weighted by Gasteiger charge is 2.33. The third kappa shape index (κ3) is 5.09. The molecule has 5 nitrogen and oxygen atoms in total. The van der Waals surface area contributed by atoms with Gasteiger partial charge in [0.15, 0.2) is 0 Å². The molecule has 1 aromatic rings. The minimum Gasteiger partial charge on any atom is -0.444 e. The molecule has 0 radical (unpaired) electrons. The summed E-state index contributed by atoms with van der Waals surface area (Å²) in [6.45, 7) is 6.26. The highest BCUT2D eigenvalue weighted by atomic mass is 32.2. The van der Waals surface area contributed by atoms with Crippen LogP contribution in [0.3, 0.4) is 0 Å². The molecule has 1 aliphatic rings. The number of carbonyl (C=O) groups is 1. The fourth-order valence-corrected chi connectivity index (χ4v) is 3.95. The van der Waals surface area contributed by atoms with Crippen molar-refractivity contribution in [2.24, 2.45) is 0 Å². The van der Waals surface area contributed by atoms with Gasteiger partial charge in [-0.25, -0.2) is 4.79 Å². The second kappa shape index (κ2) is 7.22. The van der Waals surface area contributed by atoms with Crippen LogP contribution in [0.15, 0.2) is 24.5 Å². The number of likely N-dealkylation sites (tertiary alicyclic amines) is 1. The Kier molecular flexibility index (Phi) is 5.56. The highest BCUT2D eigenvalue weighted by Crippen LogP contribution is 2.22. The largest absolute Gasteiger partial charge is 0.444 e. The van der Waals surface area contributed by atoms with Crippen molar-refractivity contribution in [1.82, 2.24) is 9.88 Å². The molecule has 1 saturated heterocycles. The van der Waals surface area contributed by atoms with Crippen LogP contribution in [0.4, 0.5) is 4.79 Å². The molecule has 0 unspecified atom stereocenters. The van der Waals surface area contributed by atoms with E-state index in [1.54, 1.807) is 17.3 Å². The lowest BCUT2D eigenvalue weighted by Gasteiger charge is -2.28. The van der Waals surface area contributed by atoms with Gasteiger partial charge in [0.05, 0.1) is 5.75 Å². The Hall–Kier alpha value is -1.43. The van der Waals surface area contributed by atoms with Crippen LogP contribution in [-0.4, -0.2) is 44.1 Å². The number of ether oxygens (including phenoxy) is 1. The molecule has 0 spiro atoms. The molecule has 22 heavy (non-hydrogen) atoms. The summed E-state index contributed by atoms with van der Waals surface area (Å²) >= 11 is 0. The fraction of sp³-hybridized carbons (Fsp3) is 0.625. The zero-order chi connectivity index (χ0) is 16.2. The number of rotatable bonds is 4. The van der Waals surface area contributed by atoms with E-state index in [0.717, 1.165) is 18.4 Å². The summed E-state index contributed by atoms with van der Waals surface area (Å²) in [6.07, 6.45) is 4.96. The van der Waals surface area contributed by atoms with E-state index in [9.17, 15) is 9.00 Å². The minimum atomic E-state index is -1.01. The second-order valence-corrected chi connectivity index (χ2v) is 8.08.